The van der Waals surface area contributed by atoms with Crippen LogP contribution in [0.2, 0.25) is 0 Å². The molecule has 2 rings (SSSR count). The zero-order valence-corrected chi connectivity index (χ0v) is 10.1. The lowest BCUT2D eigenvalue weighted by molar-refractivity contribution is 0.0951. The van der Waals surface area contributed by atoms with Gasteiger partial charge in [0.1, 0.15) is 5.82 Å². The zero-order chi connectivity index (χ0) is 12.3. The topological polar surface area (TPSA) is 80.9 Å². The molecule has 2 aromatic rings. The highest BCUT2D eigenvalue weighted by molar-refractivity contribution is 7.09. The number of nitrogens with zero attached hydrogens (tertiary/aromatic N) is 2. The van der Waals surface area contributed by atoms with Gasteiger partial charge in [-0.15, -0.1) is 11.3 Å². The van der Waals surface area contributed by atoms with Crippen molar-refractivity contribution >= 4 is 23.1 Å². The van der Waals surface area contributed by atoms with Crippen molar-refractivity contribution in [2.45, 2.75) is 13.5 Å². The molecule has 0 aliphatic rings. The van der Waals surface area contributed by atoms with Crippen molar-refractivity contribution in [2.24, 2.45) is 0 Å². The van der Waals surface area contributed by atoms with Crippen LogP contribution in [0.5, 0.6) is 0 Å². The minimum absolute atomic E-state index is 0.235. The minimum atomic E-state index is -0.235. The molecule has 0 spiro atoms. The number of nitrogens with one attached hydrogen (secondary N) is 1. The van der Waals surface area contributed by atoms with Crippen molar-refractivity contribution in [3.8, 4) is 0 Å². The van der Waals surface area contributed by atoms with E-state index < -0.39 is 0 Å². The summed E-state index contributed by atoms with van der Waals surface area (Å²) in [6, 6.07) is 3.32. The minimum Gasteiger partial charge on any atom is -0.383 e. The molecule has 6 heteroatoms. The number of amides is 1. The standard InChI is InChI=1S/C11H12N4OS/c1-7-15-8(6-17-7)5-14-11(16)9-3-2-4-13-10(9)12/h2-4,6H,5H2,1H3,(H2,12,13)(H,14,16). The molecule has 0 bridgehead atoms. The van der Waals surface area contributed by atoms with E-state index in [1.54, 1.807) is 29.7 Å². The van der Waals surface area contributed by atoms with Crippen molar-refractivity contribution in [3.63, 3.8) is 0 Å². The molecule has 5 nitrogen and oxygen atoms in total. The maximum atomic E-state index is 11.8. The maximum absolute atomic E-state index is 11.8. The summed E-state index contributed by atoms with van der Waals surface area (Å²) in [7, 11) is 0. The number of pyridine rings is 1. The third kappa shape index (κ3) is 2.79. The Morgan fingerprint density at radius 1 is 1.59 bits per heavy atom. The second-order valence-electron chi connectivity index (χ2n) is 3.48. The summed E-state index contributed by atoms with van der Waals surface area (Å²) in [6.07, 6.45) is 1.55. The first-order valence-corrected chi connectivity index (χ1v) is 5.94. The van der Waals surface area contributed by atoms with E-state index in [2.05, 4.69) is 15.3 Å². The second kappa shape index (κ2) is 4.92. The van der Waals surface area contributed by atoms with Crippen molar-refractivity contribution in [2.75, 3.05) is 5.73 Å². The number of hydrogen-bond acceptors (Lipinski definition) is 5. The lowest BCUT2D eigenvalue weighted by atomic mass is 10.2. The fourth-order valence-electron chi connectivity index (χ4n) is 1.37. The summed E-state index contributed by atoms with van der Waals surface area (Å²) >= 11 is 1.56. The molecule has 0 saturated carbocycles. The Labute approximate surface area is 103 Å². The van der Waals surface area contributed by atoms with E-state index in [-0.39, 0.29) is 11.7 Å². The van der Waals surface area contributed by atoms with Gasteiger partial charge >= 0.3 is 0 Å². The Balaban J connectivity index is 2.01. The fourth-order valence-corrected chi connectivity index (χ4v) is 1.98. The molecule has 0 aliphatic heterocycles. The predicted octanol–water partition coefficient (Wildman–Crippen LogP) is 1.36. The summed E-state index contributed by atoms with van der Waals surface area (Å²) < 4.78 is 0. The van der Waals surface area contributed by atoms with Gasteiger partial charge in [-0.3, -0.25) is 4.79 Å². The van der Waals surface area contributed by atoms with Crippen LogP contribution in [0.25, 0.3) is 0 Å². The average molecular weight is 248 g/mol. The third-order valence-corrected chi connectivity index (χ3v) is 3.00. The number of nitrogens with two attached hydrogens (primary N) is 1. The van der Waals surface area contributed by atoms with Crippen LogP contribution < -0.4 is 11.1 Å². The average Bonchev–Trinajstić information content (AvgIpc) is 2.73. The lowest BCUT2D eigenvalue weighted by Crippen LogP contribution is -2.24. The number of carbonyl (C=O) groups is 1. The van der Waals surface area contributed by atoms with Crippen molar-refractivity contribution in [3.05, 3.63) is 40.0 Å². The third-order valence-electron chi connectivity index (χ3n) is 2.18. The number of thiazole rings is 1. The van der Waals surface area contributed by atoms with Gasteiger partial charge in [0, 0.05) is 11.6 Å². The zero-order valence-electron chi connectivity index (χ0n) is 9.30. The number of anilines is 1. The molecule has 0 unspecified atom stereocenters. The number of nitrogen functional groups attached to an aromatic ring is 1. The molecule has 17 heavy (non-hydrogen) atoms. The van der Waals surface area contributed by atoms with Gasteiger partial charge in [-0.05, 0) is 19.1 Å². The van der Waals surface area contributed by atoms with Gasteiger partial charge in [0.2, 0.25) is 0 Å². The quantitative estimate of drug-likeness (QED) is 0.859. The van der Waals surface area contributed by atoms with Crippen LogP contribution in [0.3, 0.4) is 0 Å². The second-order valence-corrected chi connectivity index (χ2v) is 4.54. The van der Waals surface area contributed by atoms with Crippen molar-refractivity contribution in [1.82, 2.24) is 15.3 Å². The van der Waals surface area contributed by atoms with E-state index in [4.69, 9.17) is 5.73 Å². The lowest BCUT2D eigenvalue weighted by Gasteiger charge is -2.04. The molecule has 2 heterocycles. The van der Waals surface area contributed by atoms with E-state index >= 15 is 0 Å². The van der Waals surface area contributed by atoms with Crippen molar-refractivity contribution in [1.29, 1.82) is 0 Å². The number of rotatable bonds is 3. The fraction of sp³-hybridized carbons (Fsp3) is 0.182. The van der Waals surface area contributed by atoms with Crippen LogP contribution >= 0.6 is 11.3 Å². The Bertz CT molecular complexity index is 538. The SMILES string of the molecule is Cc1nc(CNC(=O)c2cccnc2N)cs1. The van der Waals surface area contributed by atoms with E-state index in [0.717, 1.165) is 10.7 Å². The van der Waals surface area contributed by atoms with Gasteiger partial charge in [-0.25, -0.2) is 9.97 Å². The van der Waals surface area contributed by atoms with Crippen molar-refractivity contribution < 1.29 is 4.79 Å². The first-order chi connectivity index (χ1) is 8.16. The number of aryl methyl sites for hydroxylation is 1. The van der Waals surface area contributed by atoms with Crippen LogP contribution in [-0.2, 0) is 6.54 Å². The van der Waals surface area contributed by atoms with E-state index in [9.17, 15) is 4.79 Å². The van der Waals surface area contributed by atoms with Crippen LogP contribution in [0.1, 0.15) is 21.1 Å². The highest BCUT2D eigenvalue weighted by atomic mass is 32.1. The molecule has 88 valence electrons. The molecular weight excluding hydrogens is 236 g/mol. The van der Waals surface area contributed by atoms with Crippen LogP contribution in [-0.4, -0.2) is 15.9 Å². The van der Waals surface area contributed by atoms with Crippen LogP contribution in [0.4, 0.5) is 5.82 Å². The molecule has 0 fully saturated rings. The number of aromatic nitrogens is 2. The summed E-state index contributed by atoms with van der Waals surface area (Å²) in [6.45, 7) is 2.33. The van der Waals surface area contributed by atoms with Gasteiger partial charge in [-0.2, -0.15) is 0 Å². The Morgan fingerprint density at radius 3 is 3.06 bits per heavy atom. The van der Waals surface area contributed by atoms with E-state index in [1.165, 1.54) is 0 Å². The van der Waals surface area contributed by atoms with Crippen LogP contribution in [0.15, 0.2) is 23.7 Å². The highest BCUT2D eigenvalue weighted by Crippen LogP contribution is 2.09. The molecule has 0 saturated heterocycles. The Kier molecular flexibility index (Phi) is 3.34. The summed E-state index contributed by atoms with van der Waals surface area (Å²) in [5, 5.41) is 5.66. The van der Waals surface area contributed by atoms with Gasteiger partial charge in [0.15, 0.2) is 0 Å². The smallest absolute Gasteiger partial charge is 0.255 e. The summed E-state index contributed by atoms with van der Waals surface area (Å²) in [4.78, 5) is 19.9. The normalized spacial score (nSPS) is 10.2. The molecule has 3 N–H and O–H groups in total. The predicted molar refractivity (Wildman–Crippen MR) is 66.7 cm³/mol. The monoisotopic (exact) mass is 248 g/mol. The molecule has 0 aromatic carbocycles. The van der Waals surface area contributed by atoms with Gasteiger partial charge in [0.05, 0.1) is 22.8 Å². The molecular formula is C11H12N4OS. The molecule has 0 aliphatic carbocycles. The largest absolute Gasteiger partial charge is 0.383 e. The Hall–Kier alpha value is -1.95. The summed E-state index contributed by atoms with van der Waals surface area (Å²) in [5.74, 6) is 0.000659. The molecule has 2 aromatic heterocycles. The van der Waals surface area contributed by atoms with Crippen LogP contribution in [0, 0.1) is 6.92 Å². The maximum Gasteiger partial charge on any atom is 0.255 e. The molecule has 0 radical (unpaired) electrons. The number of carbonyl (C=O) groups excluding carboxylic acids is 1. The summed E-state index contributed by atoms with van der Waals surface area (Å²) in [5.41, 5.74) is 6.85. The van der Waals surface area contributed by atoms with Gasteiger partial charge in [-0.1, -0.05) is 0 Å². The van der Waals surface area contributed by atoms with E-state index in [0.29, 0.717) is 12.1 Å². The van der Waals surface area contributed by atoms with Gasteiger partial charge < -0.3 is 11.1 Å². The first kappa shape index (κ1) is 11.5. The first-order valence-electron chi connectivity index (χ1n) is 5.06. The molecule has 0 atom stereocenters. The van der Waals surface area contributed by atoms with E-state index in [1.807, 2.05) is 12.3 Å². The highest BCUT2D eigenvalue weighted by Gasteiger charge is 2.09. The van der Waals surface area contributed by atoms with Gasteiger partial charge in [0.25, 0.3) is 5.91 Å². The Morgan fingerprint density at radius 2 is 2.41 bits per heavy atom. The molecule has 1 amide bonds. The number of hydrogen-bond donors (Lipinski definition) is 2.